The van der Waals surface area contributed by atoms with Gasteiger partial charge in [-0.3, -0.25) is 4.79 Å². The molecule has 1 aromatic rings. The van der Waals surface area contributed by atoms with Crippen molar-refractivity contribution in [2.45, 2.75) is 19.4 Å². The van der Waals surface area contributed by atoms with E-state index in [1.807, 2.05) is 0 Å². The maximum absolute atomic E-state index is 11.3. The topological polar surface area (TPSA) is 49.3 Å². The molecule has 76 valence electrons. The van der Waals surface area contributed by atoms with Gasteiger partial charge in [-0.15, -0.1) is 0 Å². The number of aliphatic hydroxyl groups is 1. The van der Waals surface area contributed by atoms with Crippen LogP contribution in [0.25, 0.3) is 0 Å². The van der Waals surface area contributed by atoms with Crippen LogP contribution in [0.4, 0.5) is 0 Å². The molecule has 0 aliphatic heterocycles. The smallest absolute Gasteiger partial charge is 0.251 e. The molecule has 0 bridgehead atoms. The quantitative estimate of drug-likeness (QED) is 0.743. The molecule has 0 aliphatic carbocycles. The van der Waals surface area contributed by atoms with Crippen LogP contribution < -0.4 is 5.32 Å². The minimum atomic E-state index is -0.913. The lowest BCUT2D eigenvalue weighted by Crippen LogP contribution is -2.20. The fourth-order valence-electron chi connectivity index (χ4n) is 1.19. The van der Waals surface area contributed by atoms with Gasteiger partial charge in [0.1, 0.15) is 0 Å². The first kappa shape index (κ1) is 10.7. The molecular formula is C11H15NO2. The fraction of sp³-hybridized carbons (Fsp3) is 0.364. The molecule has 0 saturated heterocycles. The van der Waals surface area contributed by atoms with Crippen molar-refractivity contribution in [3.05, 3.63) is 35.4 Å². The molecule has 0 atom stereocenters. The normalized spacial score (nSPS) is 11.1. The number of rotatable bonds is 2. The van der Waals surface area contributed by atoms with E-state index in [1.165, 1.54) is 0 Å². The monoisotopic (exact) mass is 193 g/mol. The number of hydrogen-bond acceptors (Lipinski definition) is 2. The summed E-state index contributed by atoms with van der Waals surface area (Å²) in [7, 11) is 1.58. The summed E-state index contributed by atoms with van der Waals surface area (Å²) in [6, 6.07) is 6.97. The van der Waals surface area contributed by atoms with Crippen LogP contribution in [0, 0.1) is 0 Å². The molecule has 2 N–H and O–H groups in total. The van der Waals surface area contributed by atoms with E-state index in [9.17, 15) is 9.90 Å². The van der Waals surface area contributed by atoms with Gasteiger partial charge in [0, 0.05) is 12.6 Å². The molecule has 1 rings (SSSR count). The summed E-state index contributed by atoms with van der Waals surface area (Å²) in [6.45, 7) is 3.38. The molecule has 0 unspecified atom stereocenters. The van der Waals surface area contributed by atoms with Crippen molar-refractivity contribution >= 4 is 5.91 Å². The zero-order valence-corrected chi connectivity index (χ0v) is 8.66. The predicted molar refractivity (Wildman–Crippen MR) is 55.1 cm³/mol. The summed E-state index contributed by atoms with van der Waals surface area (Å²) in [6.07, 6.45) is 0. The molecule has 0 aliphatic rings. The van der Waals surface area contributed by atoms with Gasteiger partial charge in [-0.05, 0) is 31.5 Å². The minimum Gasteiger partial charge on any atom is -0.386 e. The first-order valence-corrected chi connectivity index (χ1v) is 4.50. The summed E-state index contributed by atoms with van der Waals surface area (Å²) in [5, 5.41) is 12.3. The predicted octanol–water partition coefficient (Wildman–Crippen LogP) is 1.27. The number of nitrogens with one attached hydrogen (secondary N) is 1. The second-order valence-electron chi connectivity index (χ2n) is 3.72. The van der Waals surface area contributed by atoms with E-state index in [0.29, 0.717) is 5.56 Å². The van der Waals surface area contributed by atoms with Gasteiger partial charge >= 0.3 is 0 Å². The van der Waals surface area contributed by atoms with Crippen LogP contribution in [0.15, 0.2) is 24.3 Å². The Morgan fingerprint density at radius 1 is 1.43 bits per heavy atom. The molecule has 1 aromatic carbocycles. The highest BCUT2D eigenvalue weighted by Crippen LogP contribution is 2.20. The molecule has 14 heavy (non-hydrogen) atoms. The van der Waals surface area contributed by atoms with E-state index in [0.717, 1.165) is 5.56 Å². The summed E-state index contributed by atoms with van der Waals surface area (Å²) >= 11 is 0. The van der Waals surface area contributed by atoms with Crippen LogP contribution >= 0.6 is 0 Å². The van der Waals surface area contributed by atoms with Gasteiger partial charge in [-0.2, -0.15) is 0 Å². The van der Waals surface area contributed by atoms with E-state index in [4.69, 9.17) is 0 Å². The molecule has 0 saturated carbocycles. The molecule has 0 heterocycles. The highest BCUT2D eigenvalue weighted by molar-refractivity contribution is 5.94. The average Bonchev–Trinajstić information content (AvgIpc) is 2.15. The summed E-state index contributed by atoms with van der Waals surface area (Å²) in [5.74, 6) is -0.143. The third-order valence-corrected chi connectivity index (χ3v) is 2.06. The Labute approximate surface area is 83.8 Å². The zero-order valence-electron chi connectivity index (χ0n) is 8.66. The van der Waals surface area contributed by atoms with Gasteiger partial charge in [-0.25, -0.2) is 0 Å². The van der Waals surface area contributed by atoms with Crippen LogP contribution in [0.2, 0.25) is 0 Å². The molecule has 0 aromatic heterocycles. The van der Waals surface area contributed by atoms with Crippen molar-refractivity contribution < 1.29 is 9.90 Å². The first-order chi connectivity index (χ1) is 6.45. The van der Waals surface area contributed by atoms with Gasteiger partial charge in [0.2, 0.25) is 0 Å². The Bertz CT molecular complexity index is 339. The van der Waals surface area contributed by atoms with Gasteiger partial charge in [0.15, 0.2) is 0 Å². The lowest BCUT2D eigenvalue weighted by Gasteiger charge is -2.18. The number of carbonyl (C=O) groups excluding carboxylic acids is 1. The molecule has 0 fully saturated rings. The second kappa shape index (κ2) is 3.80. The molecule has 3 heteroatoms. The Balaban J connectivity index is 3.08. The lowest BCUT2D eigenvalue weighted by molar-refractivity contribution is 0.0784. The van der Waals surface area contributed by atoms with Crippen molar-refractivity contribution in [1.82, 2.24) is 5.32 Å². The van der Waals surface area contributed by atoms with Crippen LogP contribution in [-0.4, -0.2) is 18.1 Å². The largest absolute Gasteiger partial charge is 0.386 e. The molecule has 1 amide bonds. The first-order valence-electron chi connectivity index (χ1n) is 4.50. The molecule has 0 spiro atoms. The van der Waals surface area contributed by atoms with E-state index in [2.05, 4.69) is 5.32 Å². The highest BCUT2D eigenvalue weighted by atomic mass is 16.3. The third kappa shape index (κ3) is 2.33. The van der Waals surface area contributed by atoms with E-state index in [-0.39, 0.29) is 5.91 Å². The number of benzene rings is 1. The van der Waals surface area contributed by atoms with Crippen LogP contribution in [0.1, 0.15) is 29.8 Å². The fourth-order valence-corrected chi connectivity index (χ4v) is 1.19. The summed E-state index contributed by atoms with van der Waals surface area (Å²) < 4.78 is 0. The van der Waals surface area contributed by atoms with Crippen molar-refractivity contribution in [1.29, 1.82) is 0 Å². The maximum atomic E-state index is 11.3. The average molecular weight is 193 g/mol. The van der Waals surface area contributed by atoms with Crippen LogP contribution in [0.5, 0.6) is 0 Å². The molecular weight excluding hydrogens is 178 g/mol. The Morgan fingerprint density at radius 2 is 2.07 bits per heavy atom. The van der Waals surface area contributed by atoms with Crippen molar-refractivity contribution in [2.24, 2.45) is 0 Å². The van der Waals surface area contributed by atoms with E-state index in [1.54, 1.807) is 45.2 Å². The molecule has 3 nitrogen and oxygen atoms in total. The number of amides is 1. The van der Waals surface area contributed by atoms with Gasteiger partial charge < -0.3 is 10.4 Å². The standard InChI is InChI=1S/C11H15NO2/c1-11(2,14)9-6-4-5-8(7-9)10(13)12-3/h4-7,14H,1-3H3,(H,12,13). The van der Waals surface area contributed by atoms with E-state index >= 15 is 0 Å². The van der Waals surface area contributed by atoms with Gasteiger partial charge in [-0.1, -0.05) is 12.1 Å². The Morgan fingerprint density at radius 3 is 2.57 bits per heavy atom. The number of hydrogen-bond donors (Lipinski definition) is 2. The lowest BCUT2D eigenvalue weighted by atomic mass is 9.96. The Hall–Kier alpha value is -1.35. The minimum absolute atomic E-state index is 0.143. The van der Waals surface area contributed by atoms with Crippen molar-refractivity contribution in [3.63, 3.8) is 0 Å². The summed E-state index contributed by atoms with van der Waals surface area (Å²) in [4.78, 5) is 11.3. The molecule has 0 radical (unpaired) electrons. The van der Waals surface area contributed by atoms with Crippen LogP contribution in [-0.2, 0) is 5.60 Å². The van der Waals surface area contributed by atoms with E-state index < -0.39 is 5.60 Å². The van der Waals surface area contributed by atoms with Gasteiger partial charge in [0.25, 0.3) is 5.91 Å². The maximum Gasteiger partial charge on any atom is 0.251 e. The van der Waals surface area contributed by atoms with Crippen molar-refractivity contribution in [3.8, 4) is 0 Å². The zero-order chi connectivity index (χ0) is 10.8. The second-order valence-corrected chi connectivity index (χ2v) is 3.72. The third-order valence-electron chi connectivity index (χ3n) is 2.06. The highest BCUT2D eigenvalue weighted by Gasteiger charge is 2.16. The van der Waals surface area contributed by atoms with Gasteiger partial charge in [0.05, 0.1) is 5.60 Å². The Kier molecular flexibility index (Phi) is 2.91. The number of carbonyl (C=O) groups is 1. The van der Waals surface area contributed by atoms with Crippen LogP contribution in [0.3, 0.4) is 0 Å². The van der Waals surface area contributed by atoms with Crippen molar-refractivity contribution in [2.75, 3.05) is 7.05 Å². The summed E-state index contributed by atoms with van der Waals surface area (Å²) in [5.41, 5.74) is 0.384. The SMILES string of the molecule is CNC(=O)c1cccc(C(C)(C)O)c1.